The monoisotopic (exact) mass is 430 g/mol. The van der Waals surface area contributed by atoms with Gasteiger partial charge in [0.25, 0.3) is 0 Å². The van der Waals surface area contributed by atoms with Crippen molar-refractivity contribution >= 4 is 35.6 Å². The Morgan fingerprint density at radius 3 is 1.45 bits per heavy atom. The summed E-state index contributed by atoms with van der Waals surface area (Å²) in [5.41, 5.74) is 0.0632. The lowest BCUT2D eigenvalue weighted by molar-refractivity contribution is -0.138. The first-order chi connectivity index (χ1) is 13.8. The standard InChI is InChI=1S/C20H30O8S/c1-3-5-7-15(19(23)24)13-17(21)27-9-11-29-12-10-28-18(22)14-16(20(25)26)8-6-4-2/h13-14H,3-12H2,1-2H3,(H,23,24)(H,25,26)/b15-13-,16-14-. The van der Waals surface area contributed by atoms with Crippen LogP contribution in [-0.2, 0) is 28.7 Å². The number of aliphatic carboxylic acids is 2. The van der Waals surface area contributed by atoms with E-state index >= 15 is 0 Å². The number of hydrogen-bond acceptors (Lipinski definition) is 7. The second-order valence-corrected chi connectivity index (χ2v) is 7.33. The Labute approximate surface area is 175 Å². The highest BCUT2D eigenvalue weighted by Gasteiger charge is 2.11. The number of ether oxygens (including phenoxy) is 2. The van der Waals surface area contributed by atoms with E-state index in [1.54, 1.807) is 0 Å². The Kier molecular flexibility index (Phi) is 15.3. The van der Waals surface area contributed by atoms with Gasteiger partial charge in [-0.25, -0.2) is 19.2 Å². The molecule has 29 heavy (non-hydrogen) atoms. The summed E-state index contributed by atoms with van der Waals surface area (Å²) in [4.78, 5) is 45.4. The van der Waals surface area contributed by atoms with Gasteiger partial charge in [0, 0.05) is 34.8 Å². The Bertz CT molecular complexity index is 558. The van der Waals surface area contributed by atoms with Gasteiger partial charge >= 0.3 is 23.9 Å². The molecule has 9 heteroatoms. The van der Waals surface area contributed by atoms with Gasteiger partial charge in [-0.05, 0) is 25.7 Å². The van der Waals surface area contributed by atoms with Gasteiger partial charge in [0.1, 0.15) is 13.2 Å². The molecule has 0 aromatic heterocycles. The topological polar surface area (TPSA) is 127 Å². The van der Waals surface area contributed by atoms with Crippen molar-refractivity contribution in [2.45, 2.75) is 52.4 Å². The van der Waals surface area contributed by atoms with E-state index < -0.39 is 23.9 Å². The Hall–Kier alpha value is -2.29. The van der Waals surface area contributed by atoms with Gasteiger partial charge in [0.05, 0.1) is 0 Å². The van der Waals surface area contributed by atoms with Crippen LogP contribution in [-0.4, -0.2) is 58.8 Å². The minimum atomic E-state index is -1.12. The predicted octanol–water partition coefficient (Wildman–Crippen LogP) is 3.21. The largest absolute Gasteiger partial charge is 0.478 e. The molecule has 0 aromatic carbocycles. The van der Waals surface area contributed by atoms with E-state index in [0.29, 0.717) is 37.2 Å². The molecular formula is C20H30O8S. The number of carbonyl (C=O) groups excluding carboxylic acids is 2. The van der Waals surface area contributed by atoms with Crippen molar-refractivity contribution in [3.8, 4) is 0 Å². The van der Waals surface area contributed by atoms with Crippen LogP contribution in [0.1, 0.15) is 52.4 Å². The first kappa shape index (κ1) is 26.7. The van der Waals surface area contributed by atoms with Crippen LogP contribution in [0.4, 0.5) is 0 Å². The number of unbranched alkanes of at least 4 members (excludes halogenated alkanes) is 2. The Morgan fingerprint density at radius 2 is 1.14 bits per heavy atom. The number of esters is 2. The zero-order chi connectivity index (χ0) is 22.1. The van der Waals surface area contributed by atoms with Crippen molar-refractivity contribution < 1.29 is 38.9 Å². The van der Waals surface area contributed by atoms with Crippen LogP contribution in [0.25, 0.3) is 0 Å². The summed E-state index contributed by atoms with van der Waals surface area (Å²) >= 11 is 1.39. The molecule has 0 atom stereocenters. The molecule has 8 nitrogen and oxygen atoms in total. The molecular weight excluding hydrogens is 400 g/mol. The van der Waals surface area contributed by atoms with Gasteiger partial charge in [-0.3, -0.25) is 0 Å². The highest BCUT2D eigenvalue weighted by molar-refractivity contribution is 7.99. The van der Waals surface area contributed by atoms with Crippen molar-refractivity contribution in [2.24, 2.45) is 0 Å². The lowest BCUT2D eigenvalue weighted by atomic mass is 10.1. The Morgan fingerprint density at radius 1 is 0.759 bits per heavy atom. The highest BCUT2D eigenvalue weighted by Crippen LogP contribution is 2.09. The molecule has 0 spiro atoms. The van der Waals surface area contributed by atoms with Crippen molar-refractivity contribution in [2.75, 3.05) is 24.7 Å². The molecule has 2 N–H and O–H groups in total. The summed E-state index contributed by atoms with van der Waals surface area (Å²) in [6, 6.07) is 0. The molecule has 0 aromatic rings. The normalized spacial score (nSPS) is 11.8. The van der Waals surface area contributed by atoms with Gasteiger partial charge in [0.2, 0.25) is 0 Å². The zero-order valence-electron chi connectivity index (χ0n) is 17.0. The minimum absolute atomic E-state index is 0.0316. The third-order valence-corrected chi connectivity index (χ3v) is 4.59. The number of carboxylic acids is 2. The van der Waals surface area contributed by atoms with E-state index in [-0.39, 0.29) is 24.4 Å². The van der Waals surface area contributed by atoms with Crippen LogP contribution in [0.15, 0.2) is 23.3 Å². The summed E-state index contributed by atoms with van der Waals surface area (Å²) in [5, 5.41) is 18.1. The van der Waals surface area contributed by atoms with Crippen molar-refractivity contribution in [3.05, 3.63) is 23.3 Å². The third-order valence-electron chi connectivity index (χ3n) is 3.68. The maximum Gasteiger partial charge on any atom is 0.331 e. The maximum absolute atomic E-state index is 11.6. The van der Waals surface area contributed by atoms with E-state index in [2.05, 4.69) is 0 Å². The molecule has 164 valence electrons. The molecule has 0 bridgehead atoms. The van der Waals surface area contributed by atoms with Gasteiger partial charge in [0.15, 0.2) is 0 Å². The number of carbonyl (C=O) groups is 4. The smallest absolute Gasteiger partial charge is 0.331 e. The summed E-state index contributed by atoms with van der Waals surface area (Å²) in [7, 11) is 0. The van der Waals surface area contributed by atoms with Gasteiger partial charge < -0.3 is 19.7 Å². The predicted molar refractivity (Wildman–Crippen MR) is 110 cm³/mol. The number of hydrogen-bond donors (Lipinski definition) is 2. The molecule has 0 heterocycles. The van der Waals surface area contributed by atoms with Crippen LogP contribution >= 0.6 is 11.8 Å². The first-order valence-corrected chi connectivity index (χ1v) is 10.8. The van der Waals surface area contributed by atoms with Crippen LogP contribution in [0.3, 0.4) is 0 Å². The first-order valence-electron chi connectivity index (χ1n) is 9.60. The summed E-state index contributed by atoms with van der Waals surface area (Å²) in [6.45, 7) is 4.07. The van der Waals surface area contributed by atoms with Crippen LogP contribution < -0.4 is 0 Å². The molecule has 0 saturated heterocycles. The van der Waals surface area contributed by atoms with E-state index in [0.717, 1.165) is 25.0 Å². The number of carboxylic acid groups (broad SMARTS) is 2. The quantitative estimate of drug-likeness (QED) is 0.215. The molecule has 0 fully saturated rings. The van der Waals surface area contributed by atoms with Crippen LogP contribution in [0.5, 0.6) is 0 Å². The second kappa shape index (κ2) is 16.6. The third kappa shape index (κ3) is 14.4. The van der Waals surface area contributed by atoms with Gasteiger partial charge in [-0.1, -0.05) is 26.7 Å². The molecule has 0 saturated carbocycles. The lowest BCUT2D eigenvalue weighted by Crippen LogP contribution is -2.11. The number of rotatable bonds is 16. The fraction of sp³-hybridized carbons (Fsp3) is 0.600. The average molecular weight is 431 g/mol. The van der Waals surface area contributed by atoms with Crippen molar-refractivity contribution in [1.29, 1.82) is 0 Å². The summed E-state index contributed by atoms with van der Waals surface area (Å²) < 4.78 is 9.93. The second-order valence-electron chi connectivity index (χ2n) is 6.10. The van der Waals surface area contributed by atoms with Gasteiger partial charge in [-0.2, -0.15) is 11.8 Å². The SMILES string of the molecule is CCCC/C(=C/C(=O)OCCSCCOC(=O)/C=C(/CCCC)C(=O)O)C(=O)O. The molecule has 0 unspecified atom stereocenters. The van der Waals surface area contributed by atoms with Crippen LogP contribution in [0.2, 0.25) is 0 Å². The van der Waals surface area contributed by atoms with E-state index in [4.69, 9.17) is 19.7 Å². The van der Waals surface area contributed by atoms with Crippen LogP contribution in [0, 0.1) is 0 Å². The molecule has 0 aliphatic heterocycles. The molecule has 0 rings (SSSR count). The minimum Gasteiger partial charge on any atom is -0.478 e. The van der Waals surface area contributed by atoms with Crippen molar-refractivity contribution in [1.82, 2.24) is 0 Å². The molecule has 0 aliphatic rings. The molecule has 0 radical (unpaired) electrons. The molecule has 0 aliphatic carbocycles. The summed E-state index contributed by atoms with van der Waals surface area (Å²) in [6.07, 6.45) is 5.67. The average Bonchev–Trinajstić information content (AvgIpc) is 2.67. The van der Waals surface area contributed by atoms with Crippen molar-refractivity contribution in [3.63, 3.8) is 0 Å². The van der Waals surface area contributed by atoms with E-state index in [1.807, 2.05) is 13.8 Å². The molecule has 0 amide bonds. The number of thioether (sulfide) groups is 1. The fourth-order valence-corrected chi connectivity index (χ4v) is 2.69. The lowest BCUT2D eigenvalue weighted by Gasteiger charge is -2.05. The maximum atomic E-state index is 11.6. The fourth-order valence-electron chi connectivity index (χ4n) is 2.09. The summed E-state index contributed by atoms with van der Waals surface area (Å²) in [5.74, 6) is -2.71. The van der Waals surface area contributed by atoms with E-state index in [1.165, 1.54) is 11.8 Å². The Balaban J connectivity index is 4.07. The zero-order valence-corrected chi connectivity index (χ0v) is 17.8. The van der Waals surface area contributed by atoms with Gasteiger partial charge in [-0.15, -0.1) is 0 Å². The highest BCUT2D eigenvalue weighted by atomic mass is 32.2. The van der Waals surface area contributed by atoms with E-state index in [9.17, 15) is 19.2 Å².